The van der Waals surface area contributed by atoms with Gasteiger partial charge in [-0.3, -0.25) is 0 Å². The van der Waals surface area contributed by atoms with Crippen LogP contribution < -0.4 is 4.74 Å². The Balaban J connectivity index is 1.65. The van der Waals surface area contributed by atoms with Crippen LogP contribution in [0.25, 0.3) is 28.9 Å². The molecule has 1 heterocycles. The maximum Gasteiger partial charge on any atom is 0.227 e. The molecular weight excluding hydrogens is 334 g/mol. The first-order chi connectivity index (χ1) is 13.3. The fourth-order valence-electron chi connectivity index (χ4n) is 2.82. The Hall–Kier alpha value is -3.59. The molecule has 132 valence electrons. The predicted octanol–water partition coefficient (Wildman–Crippen LogP) is 6.23. The van der Waals surface area contributed by atoms with Gasteiger partial charge in [-0.2, -0.15) is 0 Å². The van der Waals surface area contributed by atoms with Crippen LogP contribution in [0.3, 0.4) is 0 Å². The van der Waals surface area contributed by atoms with Gasteiger partial charge in [0.05, 0.1) is 0 Å². The van der Waals surface area contributed by atoms with Crippen molar-refractivity contribution in [2.45, 2.75) is 6.61 Å². The number of benzene rings is 3. The second-order valence-electron chi connectivity index (χ2n) is 6.09. The zero-order valence-electron chi connectivity index (χ0n) is 14.8. The monoisotopic (exact) mass is 353 g/mol. The summed E-state index contributed by atoms with van der Waals surface area (Å²) in [5.41, 5.74) is 3.75. The summed E-state index contributed by atoms with van der Waals surface area (Å²) in [5, 5.41) is 0. The maximum absolute atomic E-state index is 6.11. The van der Waals surface area contributed by atoms with E-state index in [-0.39, 0.29) is 0 Å². The standard InChI is InChI=1S/C24H19NO2/c1-2-18-13-15-21(16-14-18)26-17-22-23(19-9-5-3-6-10-19)27-24(25-22)20-11-7-4-8-12-20/h2-16H,1,17H2. The largest absolute Gasteiger partial charge is 0.487 e. The van der Waals surface area contributed by atoms with Crippen molar-refractivity contribution in [3.8, 4) is 28.5 Å². The summed E-state index contributed by atoms with van der Waals surface area (Å²) in [6.45, 7) is 4.10. The Bertz CT molecular complexity index is 1020. The summed E-state index contributed by atoms with van der Waals surface area (Å²) in [5.74, 6) is 2.11. The third-order valence-corrected chi connectivity index (χ3v) is 4.25. The minimum Gasteiger partial charge on any atom is -0.487 e. The molecule has 4 rings (SSSR count). The molecular formula is C24H19NO2. The SMILES string of the molecule is C=Cc1ccc(OCc2nc(-c3ccccc3)oc2-c2ccccc2)cc1. The molecule has 0 amide bonds. The molecule has 1 aromatic heterocycles. The molecule has 0 atom stereocenters. The van der Waals surface area contributed by atoms with Crippen LogP contribution in [0.5, 0.6) is 5.75 Å². The van der Waals surface area contributed by atoms with Crippen molar-refractivity contribution in [3.05, 3.63) is 103 Å². The number of rotatable bonds is 6. The van der Waals surface area contributed by atoms with Gasteiger partial charge in [-0.05, 0) is 29.8 Å². The molecule has 0 radical (unpaired) electrons. The van der Waals surface area contributed by atoms with E-state index >= 15 is 0 Å². The van der Waals surface area contributed by atoms with Crippen molar-refractivity contribution in [1.29, 1.82) is 0 Å². The topological polar surface area (TPSA) is 35.3 Å². The molecule has 4 aromatic rings. The zero-order chi connectivity index (χ0) is 18.5. The summed E-state index contributed by atoms with van der Waals surface area (Å²) in [4.78, 5) is 4.70. The summed E-state index contributed by atoms with van der Waals surface area (Å²) in [7, 11) is 0. The molecule has 0 N–H and O–H groups in total. The summed E-state index contributed by atoms with van der Waals surface area (Å²) in [6.07, 6.45) is 1.81. The first-order valence-corrected chi connectivity index (χ1v) is 8.79. The molecule has 0 bridgehead atoms. The van der Waals surface area contributed by atoms with Crippen LogP contribution >= 0.6 is 0 Å². The van der Waals surface area contributed by atoms with Gasteiger partial charge in [-0.25, -0.2) is 4.98 Å². The molecule has 0 spiro atoms. The van der Waals surface area contributed by atoms with Crippen molar-refractivity contribution >= 4 is 6.08 Å². The number of ether oxygens (including phenoxy) is 1. The van der Waals surface area contributed by atoms with Crippen LogP contribution in [0, 0.1) is 0 Å². The molecule has 27 heavy (non-hydrogen) atoms. The lowest BCUT2D eigenvalue weighted by atomic mass is 10.1. The van der Waals surface area contributed by atoms with E-state index in [0.29, 0.717) is 12.5 Å². The number of hydrogen-bond acceptors (Lipinski definition) is 3. The first kappa shape index (κ1) is 16.9. The van der Waals surface area contributed by atoms with E-state index in [9.17, 15) is 0 Å². The molecule has 0 fully saturated rings. The molecule has 0 aliphatic carbocycles. The molecule has 3 nitrogen and oxygen atoms in total. The number of aromatic nitrogens is 1. The van der Waals surface area contributed by atoms with Gasteiger partial charge >= 0.3 is 0 Å². The van der Waals surface area contributed by atoms with Crippen LogP contribution in [0.4, 0.5) is 0 Å². The van der Waals surface area contributed by atoms with Gasteiger partial charge in [-0.1, -0.05) is 73.3 Å². The normalized spacial score (nSPS) is 10.5. The lowest BCUT2D eigenvalue weighted by Crippen LogP contribution is -1.97. The highest BCUT2D eigenvalue weighted by Crippen LogP contribution is 2.30. The van der Waals surface area contributed by atoms with Gasteiger partial charge < -0.3 is 9.15 Å². The molecule has 0 unspecified atom stereocenters. The fraction of sp³-hybridized carbons (Fsp3) is 0.0417. The first-order valence-electron chi connectivity index (χ1n) is 8.79. The van der Waals surface area contributed by atoms with Crippen LogP contribution in [0.15, 0.2) is 95.9 Å². The molecule has 3 heteroatoms. The van der Waals surface area contributed by atoms with Gasteiger partial charge in [0.15, 0.2) is 5.76 Å². The van der Waals surface area contributed by atoms with Crippen LogP contribution in [-0.2, 0) is 6.61 Å². The van der Waals surface area contributed by atoms with Crippen LogP contribution in [0.1, 0.15) is 11.3 Å². The molecule has 0 saturated heterocycles. The van der Waals surface area contributed by atoms with Crippen molar-refractivity contribution in [1.82, 2.24) is 4.98 Å². The second-order valence-corrected chi connectivity index (χ2v) is 6.09. The second kappa shape index (κ2) is 7.75. The minimum absolute atomic E-state index is 0.327. The van der Waals surface area contributed by atoms with E-state index in [1.807, 2.05) is 84.9 Å². The molecule has 0 aliphatic heterocycles. The van der Waals surface area contributed by atoms with Crippen molar-refractivity contribution in [2.24, 2.45) is 0 Å². The Morgan fingerprint density at radius 2 is 1.44 bits per heavy atom. The quantitative estimate of drug-likeness (QED) is 0.412. The molecule has 0 saturated carbocycles. The van der Waals surface area contributed by atoms with E-state index in [1.54, 1.807) is 6.08 Å². The third kappa shape index (κ3) is 3.82. The lowest BCUT2D eigenvalue weighted by Gasteiger charge is -2.06. The van der Waals surface area contributed by atoms with E-state index < -0.39 is 0 Å². The van der Waals surface area contributed by atoms with Gasteiger partial charge in [0.25, 0.3) is 0 Å². The van der Waals surface area contributed by atoms with Gasteiger partial charge in [-0.15, -0.1) is 0 Å². The zero-order valence-corrected chi connectivity index (χ0v) is 14.8. The number of oxazole rings is 1. The van der Waals surface area contributed by atoms with E-state index in [1.165, 1.54) is 0 Å². The third-order valence-electron chi connectivity index (χ3n) is 4.25. The highest BCUT2D eigenvalue weighted by molar-refractivity contribution is 5.64. The van der Waals surface area contributed by atoms with Gasteiger partial charge in [0, 0.05) is 11.1 Å². The minimum atomic E-state index is 0.327. The van der Waals surface area contributed by atoms with E-state index in [4.69, 9.17) is 14.1 Å². The average Bonchev–Trinajstić information content (AvgIpc) is 3.18. The van der Waals surface area contributed by atoms with Crippen molar-refractivity contribution < 1.29 is 9.15 Å². The summed E-state index contributed by atoms with van der Waals surface area (Å²) in [6, 6.07) is 27.7. The van der Waals surface area contributed by atoms with Crippen LogP contribution in [-0.4, -0.2) is 4.98 Å². The highest BCUT2D eigenvalue weighted by atomic mass is 16.5. The Kier molecular flexibility index (Phi) is 4.84. The lowest BCUT2D eigenvalue weighted by molar-refractivity contribution is 0.302. The van der Waals surface area contributed by atoms with Crippen molar-refractivity contribution in [3.63, 3.8) is 0 Å². The summed E-state index contributed by atoms with van der Waals surface area (Å²) < 4.78 is 12.1. The Morgan fingerprint density at radius 1 is 0.815 bits per heavy atom. The van der Waals surface area contributed by atoms with E-state index in [0.717, 1.165) is 33.9 Å². The van der Waals surface area contributed by atoms with Gasteiger partial charge in [0.1, 0.15) is 18.1 Å². The number of nitrogens with zero attached hydrogens (tertiary/aromatic N) is 1. The molecule has 3 aromatic carbocycles. The van der Waals surface area contributed by atoms with Crippen molar-refractivity contribution in [2.75, 3.05) is 0 Å². The average molecular weight is 353 g/mol. The predicted molar refractivity (Wildman–Crippen MR) is 108 cm³/mol. The van der Waals surface area contributed by atoms with Crippen LogP contribution in [0.2, 0.25) is 0 Å². The van der Waals surface area contributed by atoms with Gasteiger partial charge in [0.2, 0.25) is 5.89 Å². The highest BCUT2D eigenvalue weighted by Gasteiger charge is 2.16. The Labute approximate surface area is 158 Å². The smallest absolute Gasteiger partial charge is 0.227 e. The number of hydrogen-bond donors (Lipinski definition) is 0. The fourth-order valence-corrected chi connectivity index (χ4v) is 2.82. The maximum atomic E-state index is 6.11. The molecule has 0 aliphatic rings. The van der Waals surface area contributed by atoms with E-state index in [2.05, 4.69) is 6.58 Å². The Morgan fingerprint density at radius 3 is 2.07 bits per heavy atom. The summed E-state index contributed by atoms with van der Waals surface area (Å²) >= 11 is 0.